The van der Waals surface area contributed by atoms with Gasteiger partial charge in [0, 0.05) is 26.9 Å². The number of hydrogen-bond acceptors (Lipinski definition) is 7. The number of hydrogen-bond donors (Lipinski definition) is 2. The van der Waals surface area contributed by atoms with Crippen molar-refractivity contribution in [2.24, 2.45) is 9.98 Å². The first-order valence-electron chi connectivity index (χ1n) is 9.97. The summed E-state index contributed by atoms with van der Waals surface area (Å²) in [7, 11) is 0. The largest absolute Gasteiger partial charge is 0.352 e. The lowest BCUT2D eigenvalue weighted by Crippen LogP contribution is -2.19. The van der Waals surface area contributed by atoms with Gasteiger partial charge in [0.05, 0.1) is 24.7 Å². The van der Waals surface area contributed by atoms with Crippen molar-refractivity contribution in [3.63, 3.8) is 0 Å². The number of rotatable bonds is 8. The van der Waals surface area contributed by atoms with E-state index in [0.717, 1.165) is 27.8 Å². The van der Waals surface area contributed by atoms with Crippen molar-refractivity contribution < 1.29 is 19.2 Å². The van der Waals surface area contributed by atoms with E-state index in [1.54, 1.807) is 18.2 Å². The molecule has 0 spiro atoms. The van der Waals surface area contributed by atoms with Gasteiger partial charge in [-0.05, 0) is 40.8 Å². The van der Waals surface area contributed by atoms with Gasteiger partial charge in [-0.15, -0.1) is 0 Å². The Morgan fingerprint density at radius 1 is 0.848 bits per heavy atom. The van der Waals surface area contributed by atoms with Gasteiger partial charge in [0.25, 0.3) is 0 Å². The Morgan fingerprint density at radius 3 is 1.79 bits per heavy atom. The molecule has 0 fully saturated rings. The standard InChI is InChI=1S/C12H11N3O2.C12H14N2O2/c1-9(17)15-7-11-3-2-10(6-14-8-16)4-12(11)5-13;1-9-5-11(6-13-8-15)3-4-12(9)7-14-10(2)16/h2-4H,6-7H2,1H3,(H,15,17);3-5H,6-7H2,1-2H3,(H,14,16). The first kappa shape index (κ1) is 26.7. The molecule has 0 radical (unpaired) electrons. The van der Waals surface area contributed by atoms with Crippen molar-refractivity contribution in [1.82, 2.24) is 10.6 Å². The Labute approximate surface area is 192 Å². The van der Waals surface area contributed by atoms with Gasteiger partial charge < -0.3 is 10.6 Å². The van der Waals surface area contributed by atoms with Crippen LogP contribution in [0, 0.1) is 18.3 Å². The van der Waals surface area contributed by atoms with Crippen LogP contribution in [0.3, 0.4) is 0 Å². The van der Waals surface area contributed by atoms with Crippen molar-refractivity contribution >= 4 is 24.0 Å². The lowest BCUT2D eigenvalue weighted by atomic mass is 10.0. The molecule has 33 heavy (non-hydrogen) atoms. The Kier molecular flexibility index (Phi) is 11.8. The van der Waals surface area contributed by atoms with Crippen molar-refractivity contribution in [3.8, 4) is 6.07 Å². The Morgan fingerprint density at radius 2 is 1.33 bits per heavy atom. The second-order valence-corrected chi connectivity index (χ2v) is 7.00. The van der Waals surface area contributed by atoms with Crippen molar-refractivity contribution in [1.29, 1.82) is 5.26 Å². The number of nitrogens with one attached hydrogen (secondary N) is 2. The fourth-order valence-electron chi connectivity index (χ4n) is 2.72. The zero-order chi connectivity index (χ0) is 24.6. The van der Waals surface area contributed by atoms with Gasteiger partial charge in [0.1, 0.15) is 0 Å². The first-order valence-corrected chi connectivity index (χ1v) is 9.97. The van der Waals surface area contributed by atoms with Crippen LogP contribution in [0.15, 0.2) is 46.4 Å². The summed E-state index contributed by atoms with van der Waals surface area (Å²) in [6.07, 6.45) is 2.95. The third kappa shape index (κ3) is 10.5. The van der Waals surface area contributed by atoms with Crippen LogP contribution in [0.4, 0.5) is 0 Å². The van der Waals surface area contributed by atoms with E-state index in [9.17, 15) is 19.2 Å². The maximum absolute atomic E-state index is 10.8. The van der Waals surface area contributed by atoms with Crippen LogP contribution in [0.2, 0.25) is 0 Å². The van der Waals surface area contributed by atoms with E-state index in [1.165, 1.54) is 26.0 Å². The molecule has 2 amide bonds. The van der Waals surface area contributed by atoms with Crippen LogP contribution in [0.25, 0.3) is 0 Å². The normalized spacial score (nSPS) is 9.15. The van der Waals surface area contributed by atoms with E-state index >= 15 is 0 Å². The molecular weight excluding hydrogens is 422 g/mol. The summed E-state index contributed by atoms with van der Waals surface area (Å²) < 4.78 is 0. The predicted molar refractivity (Wildman–Crippen MR) is 121 cm³/mol. The molecular formula is C24H25N5O4. The zero-order valence-corrected chi connectivity index (χ0v) is 18.8. The lowest BCUT2D eigenvalue weighted by Gasteiger charge is -2.07. The number of isocyanates is 2. The Hall–Kier alpha value is -4.37. The summed E-state index contributed by atoms with van der Waals surface area (Å²) >= 11 is 0. The van der Waals surface area contributed by atoms with Crippen LogP contribution in [0.5, 0.6) is 0 Å². The maximum atomic E-state index is 10.8. The summed E-state index contributed by atoms with van der Waals surface area (Å²) in [6.45, 7) is 6.27. The molecule has 2 N–H and O–H groups in total. The average molecular weight is 447 g/mol. The molecule has 0 saturated heterocycles. The number of carbonyl (C=O) groups is 2. The lowest BCUT2D eigenvalue weighted by molar-refractivity contribution is -0.120. The summed E-state index contributed by atoms with van der Waals surface area (Å²) in [5.41, 5.74) is 5.07. The molecule has 2 rings (SSSR count). The van der Waals surface area contributed by atoms with E-state index in [-0.39, 0.29) is 18.4 Å². The fraction of sp³-hybridized carbons (Fsp3) is 0.292. The SMILES string of the molecule is CC(=O)NCc1ccc(CN=C=O)cc1C.CC(=O)NCc1ccc(CN=C=O)cc1C#N. The van der Waals surface area contributed by atoms with Crippen LogP contribution in [0.1, 0.15) is 47.2 Å². The molecule has 2 aromatic rings. The highest BCUT2D eigenvalue weighted by Crippen LogP contribution is 2.13. The number of nitrogens with zero attached hydrogens (tertiary/aromatic N) is 3. The van der Waals surface area contributed by atoms with E-state index in [1.807, 2.05) is 31.2 Å². The van der Waals surface area contributed by atoms with E-state index in [2.05, 4.69) is 20.6 Å². The van der Waals surface area contributed by atoms with Gasteiger partial charge in [-0.25, -0.2) is 19.6 Å². The summed E-state index contributed by atoms with van der Waals surface area (Å²) in [5.74, 6) is -0.197. The molecule has 0 aliphatic carbocycles. The van der Waals surface area contributed by atoms with Crippen LogP contribution >= 0.6 is 0 Å². The monoisotopic (exact) mass is 447 g/mol. The zero-order valence-electron chi connectivity index (χ0n) is 18.8. The second-order valence-electron chi connectivity index (χ2n) is 7.00. The molecule has 0 aromatic heterocycles. The van der Waals surface area contributed by atoms with Gasteiger partial charge in [0.15, 0.2) is 0 Å². The number of amides is 2. The van der Waals surface area contributed by atoms with Crippen molar-refractivity contribution in [2.75, 3.05) is 0 Å². The van der Waals surface area contributed by atoms with Gasteiger partial charge in [-0.3, -0.25) is 9.59 Å². The highest BCUT2D eigenvalue weighted by Gasteiger charge is 2.04. The summed E-state index contributed by atoms with van der Waals surface area (Å²) in [4.78, 5) is 48.4. The van der Waals surface area contributed by atoms with Crippen molar-refractivity contribution in [3.05, 3.63) is 69.8 Å². The summed E-state index contributed by atoms with van der Waals surface area (Å²) in [5, 5.41) is 14.3. The molecule has 9 heteroatoms. The molecule has 0 aliphatic heterocycles. The van der Waals surface area contributed by atoms with Gasteiger partial charge in [-0.1, -0.05) is 30.3 Å². The number of aliphatic imine (C=N–C) groups is 2. The highest BCUT2D eigenvalue weighted by atomic mass is 16.2. The van der Waals surface area contributed by atoms with Gasteiger partial charge in [-0.2, -0.15) is 5.26 Å². The highest BCUT2D eigenvalue weighted by molar-refractivity contribution is 5.73. The van der Waals surface area contributed by atoms with E-state index in [4.69, 9.17) is 5.26 Å². The molecule has 0 aliphatic rings. The maximum Gasteiger partial charge on any atom is 0.235 e. The smallest absolute Gasteiger partial charge is 0.235 e. The quantitative estimate of drug-likeness (QED) is 0.472. The minimum absolute atomic E-state index is 0.0472. The number of benzene rings is 2. The van der Waals surface area contributed by atoms with Crippen molar-refractivity contribution in [2.45, 2.75) is 47.0 Å². The Bertz CT molecular complexity index is 1120. The number of aryl methyl sites for hydroxylation is 1. The molecule has 0 atom stereocenters. The van der Waals surface area contributed by atoms with Gasteiger partial charge >= 0.3 is 0 Å². The molecule has 170 valence electrons. The summed E-state index contributed by atoms with van der Waals surface area (Å²) in [6, 6.07) is 13.0. The third-order valence-corrected chi connectivity index (χ3v) is 4.41. The second kappa shape index (κ2) is 14.6. The number of carbonyl (C=O) groups excluding carboxylic acids is 4. The molecule has 9 nitrogen and oxygen atoms in total. The Balaban J connectivity index is 0.000000331. The average Bonchev–Trinajstić information content (AvgIpc) is 2.79. The molecule has 0 bridgehead atoms. The molecule has 2 aromatic carbocycles. The van der Waals surface area contributed by atoms with Crippen LogP contribution in [-0.2, 0) is 45.4 Å². The topological polar surface area (TPSA) is 141 Å². The molecule has 0 saturated carbocycles. The van der Waals surface area contributed by atoms with E-state index < -0.39 is 0 Å². The van der Waals surface area contributed by atoms with Crippen LogP contribution in [-0.4, -0.2) is 24.0 Å². The fourth-order valence-corrected chi connectivity index (χ4v) is 2.72. The van der Waals surface area contributed by atoms with E-state index in [0.29, 0.717) is 25.2 Å². The van der Waals surface area contributed by atoms with Crippen LogP contribution < -0.4 is 10.6 Å². The minimum Gasteiger partial charge on any atom is -0.352 e. The first-order chi connectivity index (χ1) is 15.8. The number of nitriles is 1. The third-order valence-electron chi connectivity index (χ3n) is 4.41. The predicted octanol–water partition coefficient (Wildman–Crippen LogP) is 2.50. The molecule has 0 heterocycles. The molecule has 0 unspecified atom stereocenters. The minimum atomic E-state index is -0.150. The van der Waals surface area contributed by atoms with Gasteiger partial charge in [0.2, 0.25) is 24.0 Å².